The summed E-state index contributed by atoms with van der Waals surface area (Å²) >= 11 is 1.44. The Balaban J connectivity index is 0.00000192. The number of amides is 1. The summed E-state index contributed by atoms with van der Waals surface area (Å²) in [5, 5.41) is 6.63. The molecule has 23 heavy (non-hydrogen) atoms. The number of nitrogens with one attached hydrogen (secondary N) is 2. The summed E-state index contributed by atoms with van der Waals surface area (Å²) in [7, 11) is 0. The number of ether oxygens (including phenoxy) is 2. The molecule has 2 heterocycles. The first-order valence-electron chi connectivity index (χ1n) is 7.36. The van der Waals surface area contributed by atoms with Crippen molar-refractivity contribution in [3.8, 4) is 5.75 Å². The Labute approximate surface area is 145 Å². The van der Waals surface area contributed by atoms with E-state index in [1.807, 2.05) is 32.0 Å². The number of thiazole rings is 1. The van der Waals surface area contributed by atoms with Crippen LogP contribution in [0.25, 0.3) is 10.2 Å². The van der Waals surface area contributed by atoms with Crippen molar-refractivity contribution in [2.45, 2.75) is 26.0 Å². The van der Waals surface area contributed by atoms with Gasteiger partial charge in [0, 0.05) is 6.54 Å². The fraction of sp³-hybridized carbons (Fsp3) is 0.467. The lowest BCUT2D eigenvalue weighted by Gasteiger charge is -2.28. The van der Waals surface area contributed by atoms with Crippen LogP contribution in [0, 0.1) is 0 Å². The average Bonchev–Trinajstić information content (AvgIpc) is 2.89. The van der Waals surface area contributed by atoms with Crippen molar-refractivity contribution in [3.05, 3.63) is 18.2 Å². The zero-order chi connectivity index (χ0) is 15.5. The molecule has 1 fully saturated rings. The van der Waals surface area contributed by atoms with Crippen LogP contribution in [-0.2, 0) is 9.53 Å². The van der Waals surface area contributed by atoms with Gasteiger partial charge in [-0.25, -0.2) is 4.98 Å². The Morgan fingerprint density at radius 1 is 1.57 bits per heavy atom. The molecule has 1 aliphatic rings. The quantitative estimate of drug-likeness (QED) is 0.879. The summed E-state index contributed by atoms with van der Waals surface area (Å²) in [5.74, 6) is 0.698. The van der Waals surface area contributed by atoms with Gasteiger partial charge in [0.05, 0.1) is 29.5 Å². The maximum absolute atomic E-state index is 12.3. The van der Waals surface area contributed by atoms with Gasteiger partial charge in [-0.2, -0.15) is 0 Å². The van der Waals surface area contributed by atoms with E-state index < -0.39 is 0 Å². The Hall–Kier alpha value is -1.41. The number of hydrogen-bond donors (Lipinski definition) is 2. The lowest BCUT2D eigenvalue weighted by Crippen LogP contribution is -2.53. The first-order chi connectivity index (χ1) is 10.7. The molecular weight excluding hydrogens is 338 g/mol. The summed E-state index contributed by atoms with van der Waals surface area (Å²) < 4.78 is 12.0. The van der Waals surface area contributed by atoms with Crippen molar-refractivity contribution in [1.29, 1.82) is 0 Å². The van der Waals surface area contributed by atoms with Gasteiger partial charge in [0.1, 0.15) is 11.8 Å². The van der Waals surface area contributed by atoms with Gasteiger partial charge in [0.2, 0.25) is 5.91 Å². The third kappa shape index (κ3) is 4.11. The molecule has 6 nitrogen and oxygen atoms in total. The number of carbonyl (C=O) groups excluding carboxylic acids is 1. The molecule has 1 saturated heterocycles. The largest absolute Gasteiger partial charge is 0.494 e. The van der Waals surface area contributed by atoms with Crippen LogP contribution in [0.4, 0.5) is 5.13 Å². The molecule has 0 bridgehead atoms. The molecule has 3 rings (SSSR count). The van der Waals surface area contributed by atoms with Gasteiger partial charge in [-0.15, -0.1) is 12.4 Å². The topological polar surface area (TPSA) is 72.5 Å². The van der Waals surface area contributed by atoms with Crippen molar-refractivity contribution >= 4 is 45.0 Å². The molecule has 0 aliphatic carbocycles. The van der Waals surface area contributed by atoms with E-state index in [-0.39, 0.29) is 30.5 Å². The highest BCUT2D eigenvalue weighted by molar-refractivity contribution is 7.22. The maximum Gasteiger partial charge on any atom is 0.245 e. The number of rotatable bonds is 4. The standard InChI is InChI=1S/C15H19N3O3S.ClH/c1-3-20-10-4-5-11-12(8-10)22-15(17-11)18-14(19)13-9(2)21-7-6-16-13;/h4-5,8-9,13,16H,3,6-7H2,1-2H3,(H,17,18,19);1H/t9-,13+;/m1./s1. The van der Waals surface area contributed by atoms with Crippen LogP contribution in [0.1, 0.15) is 13.8 Å². The molecule has 1 amide bonds. The van der Waals surface area contributed by atoms with E-state index in [1.165, 1.54) is 11.3 Å². The van der Waals surface area contributed by atoms with Crippen LogP contribution in [-0.4, -0.2) is 42.8 Å². The smallest absolute Gasteiger partial charge is 0.245 e. The van der Waals surface area contributed by atoms with Crippen LogP contribution < -0.4 is 15.4 Å². The van der Waals surface area contributed by atoms with Crippen molar-refractivity contribution < 1.29 is 14.3 Å². The van der Waals surface area contributed by atoms with Gasteiger partial charge in [0.15, 0.2) is 5.13 Å². The van der Waals surface area contributed by atoms with Gasteiger partial charge in [-0.1, -0.05) is 11.3 Å². The van der Waals surface area contributed by atoms with Crippen LogP contribution in [0.5, 0.6) is 5.75 Å². The van der Waals surface area contributed by atoms with Gasteiger partial charge < -0.3 is 20.1 Å². The van der Waals surface area contributed by atoms with E-state index in [2.05, 4.69) is 15.6 Å². The average molecular weight is 358 g/mol. The second-order valence-corrected chi connectivity index (χ2v) is 6.11. The molecule has 0 spiro atoms. The van der Waals surface area contributed by atoms with Crippen LogP contribution in [0.3, 0.4) is 0 Å². The number of aromatic nitrogens is 1. The van der Waals surface area contributed by atoms with Crippen LogP contribution >= 0.6 is 23.7 Å². The highest BCUT2D eigenvalue weighted by Gasteiger charge is 2.28. The minimum absolute atomic E-state index is 0. The Kier molecular flexibility index (Phi) is 6.17. The molecule has 8 heteroatoms. The Morgan fingerprint density at radius 3 is 3.13 bits per heavy atom. The Bertz CT molecular complexity index is 679. The van der Waals surface area contributed by atoms with Crippen molar-refractivity contribution in [1.82, 2.24) is 10.3 Å². The lowest BCUT2D eigenvalue weighted by atomic mass is 10.1. The first kappa shape index (κ1) is 17.9. The van der Waals surface area contributed by atoms with Crippen molar-refractivity contribution in [2.24, 2.45) is 0 Å². The van der Waals surface area contributed by atoms with Gasteiger partial charge in [-0.05, 0) is 32.0 Å². The number of hydrogen-bond acceptors (Lipinski definition) is 6. The van der Waals surface area contributed by atoms with Gasteiger partial charge >= 0.3 is 0 Å². The summed E-state index contributed by atoms with van der Waals surface area (Å²) in [5.41, 5.74) is 0.852. The van der Waals surface area contributed by atoms with E-state index in [1.54, 1.807) is 0 Å². The summed E-state index contributed by atoms with van der Waals surface area (Å²) in [6.07, 6.45) is -0.146. The molecule has 126 valence electrons. The third-order valence-electron chi connectivity index (χ3n) is 3.50. The fourth-order valence-electron chi connectivity index (χ4n) is 2.43. The number of carbonyl (C=O) groups is 1. The number of fused-ring (bicyclic) bond motifs is 1. The molecule has 1 aromatic carbocycles. The maximum atomic E-state index is 12.3. The van der Waals surface area contributed by atoms with E-state index in [9.17, 15) is 4.79 Å². The second kappa shape index (κ2) is 7.92. The van der Waals surface area contributed by atoms with Gasteiger partial charge in [0.25, 0.3) is 0 Å². The summed E-state index contributed by atoms with van der Waals surface area (Å²) in [6, 6.07) is 5.38. The molecule has 2 aromatic rings. The van der Waals surface area contributed by atoms with Gasteiger partial charge in [-0.3, -0.25) is 4.79 Å². The number of halogens is 1. The molecule has 2 atom stereocenters. The van der Waals surface area contributed by atoms with E-state index in [4.69, 9.17) is 9.47 Å². The minimum Gasteiger partial charge on any atom is -0.494 e. The Morgan fingerprint density at radius 2 is 2.39 bits per heavy atom. The number of morpholine rings is 1. The second-order valence-electron chi connectivity index (χ2n) is 5.08. The van der Waals surface area contributed by atoms with Crippen molar-refractivity contribution in [3.63, 3.8) is 0 Å². The van der Waals surface area contributed by atoms with E-state index >= 15 is 0 Å². The highest BCUT2D eigenvalue weighted by atomic mass is 35.5. The third-order valence-corrected chi connectivity index (χ3v) is 4.43. The van der Waals surface area contributed by atoms with Crippen molar-refractivity contribution in [2.75, 3.05) is 25.1 Å². The molecule has 1 aromatic heterocycles. The molecule has 1 aliphatic heterocycles. The number of benzene rings is 1. The van der Waals surface area contributed by atoms with Crippen LogP contribution in [0.2, 0.25) is 0 Å². The highest BCUT2D eigenvalue weighted by Crippen LogP contribution is 2.29. The molecule has 2 N–H and O–H groups in total. The normalized spacial score (nSPS) is 20.8. The predicted molar refractivity (Wildman–Crippen MR) is 93.9 cm³/mol. The summed E-state index contributed by atoms with van der Waals surface area (Å²) in [6.45, 7) is 5.78. The number of nitrogens with zero attached hydrogens (tertiary/aromatic N) is 1. The van der Waals surface area contributed by atoms with Crippen LogP contribution in [0.15, 0.2) is 18.2 Å². The fourth-order valence-corrected chi connectivity index (χ4v) is 3.32. The van der Waals surface area contributed by atoms with E-state index in [0.29, 0.717) is 24.9 Å². The minimum atomic E-state index is -0.347. The number of anilines is 1. The molecule has 0 saturated carbocycles. The predicted octanol–water partition coefficient (Wildman–Crippen LogP) is 2.43. The zero-order valence-electron chi connectivity index (χ0n) is 13.0. The summed E-state index contributed by atoms with van der Waals surface area (Å²) in [4.78, 5) is 16.7. The van der Waals surface area contributed by atoms with E-state index in [0.717, 1.165) is 16.0 Å². The SMILES string of the molecule is CCOc1ccc2nc(NC(=O)[C@H]3NCCO[C@@H]3C)sc2c1.Cl. The lowest BCUT2D eigenvalue weighted by molar-refractivity contribution is -0.123. The molecule has 0 unspecified atom stereocenters. The first-order valence-corrected chi connectivity index (χ1v) is 8.18. The molecular formula is C15H20ClN3O3S. The monoisotopic (exact) mass is 357 g/mol. The molecule has 0 radical (unpaired) electrons. The zero-order valence-corrected chi connectivity index (χ0v) is 14.6.